The van der Waals surface area contributed by atoms with Crippen LogP contribution in [0, 0.1) is 0 Å². The van der Waals surface area contributed by atoms with Crippen LogP contribution < -0.4 is 0 Å². The Balaban J connectivity index is 1.69. The molecule has 0 N–H and O–H groups in total. The molecule has 1 aromatic carbocycles. The van der Waals surface area contributed by atoms with E-state index in [2.05, 4.69) is 33.8 Å². The molecule has 1 atom stereocenters. The van der Waals surface area contributed by atoms with E-state index in [1.807, 2.05) is 36.8 Å². The molecule has 0 amide bonds. The molecule has 5 heteroatoms. The fraction of sp³-hybridized carbons (Fsp3) is 0.357. The summed E-state index contributed by atoms with van der Waals surface area (Å²) in [7, 11) is 2.03. The molecule has 1 aliphatic rings. The molecule has 0 saturated heterocycles. The number of imidazole rings is 1. The van der Waals surface area contributed by atoms with Gasteiger partial charge in [-0.25, -0.2) is 4.98 Å². The zero-order chi connectivity index (χ0) is 13.2. The summed E-state index contributed by atoms with van der Waals surface area (Å²) in [5.74, 6) is 3.41. The Kier molecular flexibility index (Phi) is 4.10. The first-order valence-corrected chi connectivity index (χ1v) is 8.71. The van der Waals surface area contributed by atoms with E-state index < -0.39 is 0 Å². The molecular weight excluding hydrogens is 296 g/mol. The molecule has 100 valence electrons. The van der Waals surface area contributed by atoms with Gasteiger partial charge in [0.05, 0.1) is 17.8 Å². The van der Waals surface area contributed by atoms with Gasteiger partial charge < -0.3 is 4.57 Å². The van der Waals surface area contributed by atoms with Gasteiger partial charge in [0.15, 0.2) is 5.16 Å². The lowest BCUT2D eigenvalue weighted by molar-refractivity contribution is 0.758. The largest absolute Gasteiger partial charge is 0.325 e. The van der Waals surface area contributed by atoms with Gasteiger partial charge in [0.25, 0.3) is 0 Å². The SMILES string of the molecule is Cn1c(CCl)cnc1SCC1CSc2ccccc21. The Labute approximate surface area is 126 Å². The summed E-state index contributed by atoms with van der Waals surface area (Å²) in [5, 5.41) is 1.06. The summed E-state index contributed by atoms with van der Waals surface area (Å²) >= 11 is 9.65. The van der Waals surface area contributed by atoms with Crippen LogP contribution in [0.1, 0.15) is 17.2 Å². The maximum atomic E-state index is 5.87. The first kappa shape index (κ1) is 13.4. The minimum atomic E-state index is 0.520. The summed E-state index contributed by atoms with van der Waals surface area (Å²) in [4.78, 5) is 5.88. The average molecular weight is 311 g/mol. The van der Waals surface area contributed by atoms with Gasteiger partial charge in [-0.05, 0) is 11.6 Å². The van der Waals surface area contributed by atoms with Crippen LogP contribution in [0.3, 0.4) is 0 Å². The van der Waals surface area contributed by atoms with Crippen molar-refractivity contribution in [1.82, 2.24) is 9.55 Å². The Morgan fingerprint density at radius 2 is 2.32 bits per heavy atom. The van der Waals surface area contributed by atoms with Gasteiger partial charge in [0, 0.05) is 29.4 Å². The topological polar surface area (TPSA) is 17.8 Å². The predicted octanol–water partition coefficient (Wildman–Crippen LogP) is 4.14. The van der Waals surface area contributed by atoms with E-state index in [0.717, 1.165) is 16.6 Å². The van der Waals surface area contributed by atoms with Crippen molar-refractivity contribution in [3.63, 3.8) is 0 Å². The van der Waals surface area contributed by atoms with Gasteiger partial charge >= 0.3 is 0 Å². The number of alkyl halides is 1. The maximum absolute atomic E-state index is 5.87. The molecule has 19 heavy (non-hydrogen) atoms. The number of rotatable bonds is 4. The molecular formula is C14H15ClN2S2. The zero-order valence-corrected chi connectivity index (χ0v) is 13.1. The summed E-state index contributed by atoms with van der Waals surface area (Å²) in [6.45, 7) is 0. The molecule has 1 unspecified atom stereocenters. The van der Waals surface area contributed by atoms with Crippen molar-refractivity contribution in [2.45, 2.75) is 21.8 Å². The van der Waals surface area contributed by atoms with Gasteiger partial charge in [-0.2, -0.15) is 0 Å². The highest BCUT2D eigenvalue weighted by molar-refractivity contribution is 8.00. The van der Waals surface area contributed by atoms with Crippen LogP contribution in [-0.2, 0) is 12.9 Å². The number of nitrogens with zero attached hydrogens (tertiary/aromatic N) is 2. The predicted molar refractivity (Wildman–Crippen MR) is 83.4 cm³/mol. The second-order valence-electron chi connectivity index (χ2n) is 4.58. The van der Waals surface area contributed by atoms with Crippen LogP contribution in [0.15, 0.2) is 40.5 Å². The number of hydrogen-bond acceptors (Lipinski definition) is 3. The van der Waals surface area contributed by atoms with Gasteiger partial charge in [0.2, 0.25) is 0 Å². The Bertz CT molecular complexity index is 583. The molecule has 2 nitrogen and oxygen atoms in total. The van der Waals surface area contributed by atoms with Crippen molar-refractivity contribution in [2.75, 3.05) is 11.5 Å². The Morgan fingerprint density at radius 3 is 3.11 bits per heavy atom. The molecule has 1 aromatic heterocycles. The highest BCUT2D eigenvalue weighted by Gasteiger charge is 2.23. The van der Waals surface area contributed by atoms with Crippen LogP contribution in [0.5, 0.6) is 0 Å². The molecule has 0 aliphatic carbocycles. The molecule has 3 rings (SSSR count). The van der Waals surface area contributed by atoms with E-state index in [9.17, 15) is 0 Å². The maximum Gasteiger partial charge on any atom is 0.167 e. The van der Waals surface area contributed by atoms with Crippen molar-refractivity contribution in [2.24, 2.45) is 7.05 Å². The number of thioether (sulfide) groups is 2. The molecule has 0 saturated carbocycles. The number of fused-ring (bicyclic) bond motifs is 1. The van der Waals surface area contributed by atoms with Crippen molar-refractivity contribution in [3.8, 4) is 0 Å². The third-order valence-corrected chi connectivity index (χ3v) is 6.12. The van der Waals surface area contributed by atoms with E-state index in [4.69, 9.17) is 11.6 Å². The Hall–Kier alpha value is -0.580. The lowest BCUT2D eigenvalue weighted by atomic mass is 10.0. The second-order valence-corrected chi connectivity index (χ2v) is 6.90. The van der Waals surface area contributed by atoms with Crippen LogP contribution in [0.25, 0.3) is 0 Å². The van der Waals surface area contributed by atoms with Crippen LogP contribution in [-0.4, -0.2) is 21.1 Å². The summed E-state index contributed by atoms with van der Waals surface area (Å²) < 4.78 is 2.09. The summed E-state index contributed by atoms with van der Waals surface area (Å²) in [6, 6.07) is 8.72. The lowest BCUT2D eigenvalue weighted by Crippen LogP contribution is -2.02. The first-order valence-electron chi connectivity index (χ1n) is 6.20. The van der Waals surface area contributed by atoms with E-state index >= 15 is 0 Å². The van der Waals surface area contributed by atoms with E-state index in [1.54, 1.807) is 0 Å². The minimum Gasteiger partial charge on any atom is -0.325 e. The van der Waals surface area contributed by atoms with Gasteiger partial charge in [-0.3, -0.25) is 0 Å². The fourth-order valence-electron chi connectivity index (χ4n) is 2.23. The quantitative estimate of drug-likeness (QED) is 0.624. The molecule has 0 fully saturated rings. The number of aromatic nitrogens is 2. The van der Waals surface area contributed by atoms with Gasteiger partial charge in [-0.1, -0.05) is 30.0 Å². The molecule has 0 spiro atoms. The highest BCUT2D eigenvalue weighted by atomic mass is 35.5. The van der Waals surface area contributed by atoms with E-state index in [1.165, 1.54) is 16.2 Å². The third-order valence-electron chi connectivity index (χ3n) is 3.39. The molecule has 0 bridgehead atoms. The Morgan fingerprint density at radius 1 is 1.47 bits per heavy atom. The van der Waals surface area contributed by atoms with Crippen LogP contribution in [0.2, 0.25) is 0 Å². The summed E-state index contributed by atoms with van der Waals surface area (Å²) in [5.41, 5.74) is 2.57. The summed E-state index contributed by atoms with van der Waals surface area (Å²) in [6.07, 6.45) is 1.87. The molecule has 0 radical (unpaired) electrons. The lowest BCUT2D eigenvalue weighted by Gasteiger charge is -2.10. The minimum absolute atomic E-state index is 0.520. The van der Waals surface area contributed by atoms with Crippen LogP contribution >= 0.6 is 35.1 Å². The monoisotopic (exact) mass is 310 g/mol. The van der Waals surface area contributed by atoms with Gasteiger partial charge in [0.1, 0.15) is 0 Å². The average Bonchev–Trinajstić information content (AvgIpc) is 3.00. The van der Waals surface area contributed by atoms with Crippen LogP contribution in [0.4, 0.5) is 0 Å². The highest BCUT2D eigenvalue weighted by Crippen LogP contribution is 2.41. The standard InChI is InChI=1S/C14H15ClN2S2/c1-17-11(6-15)7-16-14(17)19-9-10-8-18-13-5-3-2-4-12(10)13/h2-5,7,10H,6,8-9H2,1H3. The van der Waals surface area contributed by atoms with Crippen molar-refractivity contribution < 1.29 is 0 Å². The molecule has 1 aliphatic heterocycles. The normalized spacial score (nSPS) is 17.7. The second kappa shape index (κ2) is 5.81. The van der Waals surface area contributed by atoms with Gasteiger partial charge in [-0.15, -0.1) is 23.4 Å². The van der Waals surface area contributed by atoms with Crippen molar-refractivity contribution in [1.29, 1.82) is 0 Å². The van der Waals surface area contributed by atoms with Crippen molar-refractivity contribution >= 4 is 35.1 Å². The van der Waals surface area contributed by atoms with Crippen molar-refractivity contribution in [3.05, 3.63) is 41.7 Å². The fourth-order valence-corrected chi connectivity index (χ4v) is 4.96. The van der Waals surface area contributed by atoms with E-state index in [-0.39, 0.29) is 0 Å². The van der Waals surface area contributed by atoms with E-state index in [0.29, 0.717) is 11.8 Å². The molecule has 2 heterocycles. The third kappa shape index (κ3) is 2.67. The molecule has 2 aromatic rings. The first-order chi connectivity index (χ1) is 9.29. The zero-order valence-electron chi connectivity index (χ0n) is 10.7. The number of hydrogen-bond donors (Lipinski definition) is 0. The number of benzene rings is 1. The smallest absolute Gasteiger partial charge is 0.167 e. The number of halogens is 1.